The highest BCUT2D eigenvalue weighted by Gasteiger charge is 2.25. The predicted octanol–water partition coefficient (Wildman–Crippen LogP) is 30.7. The van der Waals surface area contributed by atoms with Crippen molar-refractivity contribution >= 4 is 133 Å². The predicted molar refractivity (Wildman–Crippen MR) is 481 cm³/mol. The molecule has 0 spiro atoms. The highest BCUT2D eigenvalue weighted by atomic mass is 15.2. The van der Waals surface area contributed by atoms with Crippen LogP contribution < -0.4 is 19.6 Å². The van der Waals surface area contributed by atoms with Gasteiger partial charge in [0.1, 0.15) is 0 Å². The van der Waals surface area contributed by atoms with Gasteiger partial charge in [-0.15, -0.1) is 0 Å². The minimum Gasteiger partial charge on any atom is -0.311 e. The molecule has 0 bridgehead atoms. The van der Waals surface area contributed by atoms with Gasteiger partial charge < -0.3 is 19.6 Å². The molecule has 0 N–H and O–H groups in total. The molecule has 0 radical (unpaired) electrons. The zero-order valence-electron chi connectivity index (χ0n) is 62.2. The summed E-state index contributed by atoms with van der Waals surface area (Å²) in [6.07, 6.45) is 0.897. The quantitative estimate of drug-likeness (QED) is 0.101. The molecule has 20 aromatic rings. The zero-order valence-corrected chi connectivity index (χ0v) is 62.2. The normalized spacial score (nSPS) is 11.5. The second kappa shape index (κ2) is 29.6. The van der Waals surface area contributed by atoms with Crippen LogP contribution in [0.3, 0.4) is 0 Å². The van der Waals surface area contributed by atoms with Crippen LogP contribution in [0.1, 0.15) is 11.1 Å². The lowest BCUT2D eigenvalue weighted by molar-refractivity contribution is 1.23. The molecular weight excluding hydrogens is 1370 g/mol. The van der Waals surface area contributed by atoms with E-state index in [1.807, 2.05) is 0 Å². The van der Waals surface area contributed by atoms with Gasteiger partial charge in [0, 0.05) is 68.2 Å². The van der Waals surface area contributed by atoms with Crippen LogP contribution in [0.5, 0.6) is 0 Å². The Labute approximate surface area is 659 Å². The summed E-state index contributed by atoms with van der Waals surface area (Å²) in [5.74, 6) is 0. The lowest BCUT2D eigenvalue weighted by Gasteiger charge is -2.27. The molecule has 1 aliphatic rings. The highest BCUT2D eigenvalue weighted by Crippen LogP contribution is 2.48. The first-order valence-electron chi connectivity index (χ1n) is 38.9. The number of fused-ring (bicyclic) bond motifs is 9. The zero-order chi connectivity index (χ0) is 75.0. The van der Waals surface area contributed by atoms with Crippen molar-refractivity contribution in [1.82, 2.24) is 0 Å². The summed E-state index contributed by atoms with van der Waals surface area (Å²) < 4.78 is 0. The molecule has 0 heterocycles. The smallest absolute Gasteiger partial charge is 0.0468 e. The highest BCUT2D eigenvalue weighted by molar-refractivity contribution is 6.01. The average Bonchev–Trinajstić information content (AvgIpc) is 1.68. The van der Waals surface area contributed by atoms with E-state index < -0.39 is 0 Å². The molecule has 1 aliphatic carbocycles. The summed E-state index contributed by atoms with van der Waals surface area (Å²) in [5, 5.41) is 14.9. The maximum atomic E-state index is 2.41. The second-order valence-electron chi connectivity index (χ2n) is 29.2. The van der Waals surface area contributed by atoms with E-state index in [1.54, 1.807) is 0 Å². The topological polar surface area (TPSA) is 13.0 Å². The third-order valence-corrected chi connectivity index (χ3v) is 22.4. The van der Waals surface area contributed by atoms with E-state index in [4.69, 9.17) is 0 Å². The van der Waals surface area contributed by atoms with Gasteiger partial charge in [-0.1, -0.05) is 303 Å². The molecule has 4 nitrogen and oxygen atoms in total. The Hall–Kier alpha value is -14.8. The molecule has 0 saturated carbocycles. The van der Waals surface area contributed by atoms with Crippen molar-refractivity contribution < 1.29 is 0 Å². The van der Waals surface area contributed by atoms with E-state index in [1.165, 1.54) is 120 Å². The fourth-order valence-electron chi connectivity index (χ4n) is 16.8. The van der Waals surface area contributed by atoms with Crippen LogP contribution in [0.2, 0.25) is 0 Å². The number of nitrogens with zero attached hydrogens (tertiary/aromatic N) is 4. The van der Waals surface area contributed by atoms with Crippen LogP contribution in [0.15, 0.2) is 449 Å². The second-order valence-corrected chi connectivity index (χ2v) is 29.2. The number of hydrogen-bond donors (Lipinski definition) is 0. The Morgan fingerprint density at radius 1 is 0.133 bits per heavy atom. The van der Waals surface area contributed by atoms with Gasteiger partial charge in [-0.25, -0.2) is 0 Å². The number of rotatable bonds is 15. The van der Waals surface area contributed by atoms with Crippen LogP contribution in [0, 0.1) is 0 Å². The maximum Gasteiger partial charge on any atom is 0.0468 e. The van der Waals surface area contributed by atoms with Crippen molar-refractivity contribution in [3.05, 3.63) is 460 Å². The Balaban J connectivity index is 0.000000147. The minimum absolute atomic E-state index is 0.897. The van der Waals surface area contributed by atoms with E-state index in [2.05, 4.69) is 469 Å². The van der Waals surface area contributed by atoms with Gasteiger partial charge >= 0.3 is 0 Å². The molecule has 0 atom stereocenters. The molecule has 0 amide bonds. The number of hydrogen-bond acceptors (Lipinski definition) is 4. The van der Waals surface area contributed by atoms with Crippen molar-refractivity contribution in [3.8, 4) is 44.5 Å². The summed E-state index contributed by atoms with van der Waals surface area (Å²) in [5.41, 5.74) is 26.1. The van der Waals surface area contributed by atoms with Crippen LogP contribution >= 0.6 is 0 Å². The molecule has 0 aliphatic heterocycles. The van der Waals surface area contributed by atoms with E-state index in [-0.39, 0.29) is 0 Å². The largest absolute Gasteiger partial charge is 0.311 e. The molecule has 0 saturated heterocycles. The standard InChI is InChI=1S/C56H40N2.C53H36N2/c1-3-17-47(18-4-1)57(51-37-29-45(30-38-51)55-23-11-15-43-13-7-9-21-53(43)55)49-33-25-41(26-34-49)42-27-35-50(36-28-42)58(48-19-5-2-6-20-48)52-39-31-46(32-40-52)56-24-12-16-44-14-8-10-22-54(44)56;1-5-13-40-30-46(22-17-36(40)9-1)54(47-23-18-37-10-2-6-14-41(37)31-47)50-27-28-52-45(34-50)29-44-21-26-51(35-53(44)52)55(48-24-19-38-11-3-7-15-42(38)32-48)49-25-20-39-12-4-8-16-43(39)33-49/h1-40H;1-28,30-35H,29H2. The molecule has 532 valence electrons. The van der Waals surface area contributed by atoms with Crippen molar-refractivity contribution in [3.63, 3.8) is 0 Å². The third kappa shape index (κ3) is 13.3. The molecule has 20 aromatic carbocycles. The molecule has 0 unspecified atom stereocenters. The monoisotopic (exact) mass is 1440 g/mol. The van der Waals surface area contributed by atoms with Gasteiger partial charge in [0.25, 0.3) is 0 Å². The third-order valence-electron chi connectivity index (χ3n) is 22.4. The maximum absolute atomic E-state index is 2.41. The van der Waals surface area contributed by atoms with Crippen molar-refractivity contribution in [1.29, 1.82) is 0 Å². The van der Waals surface area contributed by atoms with E-state index in [0.717, 1.165) is 74.7 Å². The van der Waals surface area contributed by atoms with Crippen molar-refractivity contribution in [2.75, 3.05) is 19.6 Å². The van der Waals surface area contributed by atoms with Crippen LogP contribution in [0.25, 0.3) is 109 Å². The van der Waals surface area contributed by atoms with E-state index >= 15 is 0 Å². The SMILES string of the molecule is c1ccc(N(c2ccc(-c3ccc(N(c4ccccc4)c4ccc(-c5cccc6ccccc56)cc4)cc3)cc2)c2ccc(-c3cccc4ccccc34)cc2)cc1.c1ccc2cc(N(c3ccc4c(c3)Cc3ccc(N(c5ccc6ccccc6c5)c5ccc6ccccc6c5)cc3-4)c3ccc4ccccc4c3)ccc2c1. The molecule has 21 rings (SSSR count). The summed E-state index contributed by atoms with van der Waals surface area (Å²) in [7, 11) is 0. The van der Waals surface area contributed by atoms with Gasteiger partial charge in [-0.2, -0.15) is 0 Å². The molecule has 0 fully saturated rings. The summed E-state index contributed by atoms with van der Waals surface area (Å²) in [6, 6.07) is 163. The number of para-hydroxylation sites is 2. The minimum atomic E-state index is 0.897. The first-order chi connectivity index (χ1) is 56.0. The first kappa shape index (κ1) is 67.5. The lowest BCUT2D eigenvalue weighted by Crippen LogP contribution is -2.10. The number of benzene rings is 20. The molecule has 4 heteroatoms. The summed E-state index contributed by atoms with van der Waals surface area (Å²) in [6.45, 7) is 0. The van der Waals surface area contributed by atoms with Crippen LogP contribution in [0.4, 0.5) is 68.2 Å². The fraction of sp³-hybridized carbons (Fsp3) is 0.00917. The van der Waals surface area contributed by atoms with E-state index in [9.17, 15) is 0 Å². The van der Waals surface area contributed by atoms with Gasteiger partial charge in [0.2, 0.25) is 0 Å². The van der Waals surface area contributed by atoms with E-state index in [0.29, 0.717) is 0 Å². The fourth-order valence-corrected chi connectivity index (χ4v) is 16.8. The van der Waals surface area contributed by atoms with Gasteiger partial charge in [0.05, 0.1) is 0 Å². The Morgan fingerprint density at radius 3 is 0.779 bits per heavy atom. The lowest BCUT2D eigenvalue weighted by atomic mass is 9.98. The molecular formula is C109H76N4. The summed E-state index contributed by atoms with van der Waals surface area (Å²) in [4.78, 5) is 9.47. The van der Waals surface area contributed by atoms with Gasteiger partial charge in [-0.3, -0.25) is 0 Å². The molecule has 113 heavy (non-hydrogen) atoms. The van der Waals surface area contributed by atoms with Crippen LogP contribution in [-0.2, 0) is 6.42 Å². The van der Waals surface area contributed by atoms with Crippen LogP contribution in [-0.4, -0.2) is 0 Å². The Morgan fingerprint density at radius 2 is 0.398 bits per heavy atom. The Bertz CT molecular complexity index is 6520. The summed E-state index contributed by atoms with van der Waals surface area (Å²) >= 11 is 0. The van der Waals surface area contributed by atoms with Crippen molar-refractivity contribution in [2.24, 2.45) is 0 Å². The van der Waals surface area contributed by atoms with Gasteiger partial charge in [-0.05, 0) is 272 Å². The number of anilines is 12. The Kier molecular flexibility index (Phi) is 17.7. The average molecular weight is 1440 g/mol. The van der Waals surface area contributed by atoms with Gasteiger partial charge in [0.15, 0.2) is 0 Å². The molecule has 0 aromatic heterocycles. The van der Waals surface area contributed by atoms with Crippen molar-refractivity contribution in [2.45, 2.75) is 6.42 Å². The first-order valence-corrected chi connectivity index (χ1v) is 38.9.